The van der Waals surface area contributed by atoms with Crippen LogP contribution < -0.4 is 4.74 Å². The highest BCUT2D eigenvalue weighted by molar-refractivity contribution is 5.72. The molecule has 1 saturated carbocycles. The summed E-state index contributed by atoms with van der Waals surface area (Å²) in [7, 11) is 0. The van der Waals surface area contributed by atoms with Crippen LogP contribution >= 0.6 is 0 Å². The maximum Gasteiger partial charge on any atom is 0.432 e. The minimum atomic E-state index is -4.67. The van der Waals surface area contributed by atoms with Gasteiger partial charge in [0.25, 0.3) is 0 Å². The van der Waals surface area contributed by atoms with Crippen LogP contribution in [0.1, 0.15) is 114 Å². The summed E-state index contributed by atoms with van der Waals surface area (Å²) in [4.78, 5) is 0. The van der Waals surface area contributed by atoms with E-state index in [2.05, 4.69) is 11.7 Å². The zero-order valence-electron chi connectivity index (χ0n) is 29.1. The van der Waals surface area contributed by atoms with Gasteiger partial charge in [-0.05, 0) is 91.3 Å². The first-order valence-electron chi connectivity index (χ1n) is 18.1. The lowest BCUT2D eigenvalue weighted by Crippen LogP contribution is -2.25. The molecule has 9 heteroatoms. The molecule has 0 amide bonds. The molecule has 1 nitrogen and oxygen atoms in total. The predicted molar refractivity (Wildman–Crippen MR) is 185 cm³/mol. The smallest absolute Gasteiger partial charge is 0.429 e. The SMILES string of the molecule is CCCCCCCC1CCC(c2ccc(-c3ccc(-c4cc(F)c(C(F)(F)Oc5cc(F)c(CCCC)c(F)c5)c(F)c4)c(F)c3)c(F)c2)CC1. The molecule has 1 fully saturated rings. The molecule has 0 atom stereocenters. The first-order valence-corrected chi connectivity index (χ1v) is 18.1. The number of rotatable bonds is 15. The van der Waals surface area contributed by atoms with Gasteiger partial charge in [-0.3, -0.25) is 0 Å². The van der Waals surface area contributed by atoms with Crippen LogP contribution in [0, 0.1) is 40.8 Å². The molecule has 5 rings (SSSR count). The normalized spacial score (nSPS) is 16.4. The Hall–Kier alpha value is -3.88. The molecule has 0 aromatic heterocycles. The molecule has 0 heterocycles. The topological polar surface area (TPSA) is 9.23 Å². The molecule has 0 aliphatic heterocycles. The number of halogens is 8. The van der Waals surface area contributed by atoms with Crippen molar-refractivity contribution in [1.29, 1.82) is 0 Å². The predicted octanol–water partition coefficient (Wildman–Crippen LogP) is 14.0. The van der Waals surface area contributed by atoms with Crippen LogP contribution in [0.2, 0.25) is 0 Å². The second-order valence-corrected chi connectivity index (χ2v) is 13.8. The Kier molecular flexibility index (Phi) is 12.9. The zero-order valence-corrected chi connectivity index (χ0v) is 29.1. The van der Waals surface area contributed by atoms with Gasteiger partial charge in [-0.1, -0.05) is 83.1 Å². The summed E-state index contributed by atoms with van der Waals surface area (Å²) in [5.41, 5.74) is -1.56. The Morgan fingerprint density at radius 2 is 1.16 bits per heavy atom. The summed E-state index contributed by atoms with van der Waals surface area (Å²) in [6, 6.07) is 10.6. The van der Waals surface area contributed by atoms with Crippen molar-refractivity contribution in [3.8, 4) is 28.0 Å². The number of hydrogen-bond donors (Lipinski definition) is 0. The maximum absolute atomic E-state index is 15.4. The Bertz CT molecular complexity index is 1750. The molecule has 4 aromatic rings. The summed E-state index contributed by atoms with van der Waals surface area (Å²) in [5, 5.41) is 0. The van der Waals surface area contributed by atoms with Gasteiger partial charge in [0.15, 0.2) is 0 Å². The molecule has 274 valence electrons. The fraction of sp³-hybridized carbons (Fsp3) is 0.429. The Morgan fingerprint density at radius 3 is 1.76 bits per heavy atom. The lowest BCUT2D eigenvalue weighted by atomic mass is 9.77. The van der Waals surface area contributed by atoms with E-state index in [9.17, 15) is 8.78 Å². The van der Waals surface area contributed by atoms with Crippen molar-refractivity contribution in [2.24, 2.45) is 5.92 Å². The van der Waals surface area contributed by atoms with E-state index >= 15 is 26.3 Å². The molecule has 0 saturated heterocycles. The lowest BCUT2D eigenvalue weighted by molar-refractivity contribution is -0.189. The van der Waals surface area contributed by atoms with E-state index < -0.39 is 57.9 Å². The van der Waals surface area contributed by atoms with Gasteiger partial charge in [0, 0.05) is 28.8 Å². The van der Waals surface area contributed by atoms with Crippen LogP contribution in [0.25, 0.3) is 22.3 Å². The molecule has 1 aliphatic carbocycles. The van der Waals surface area contributed by atoms with Crippen molar-refractivity contribution < 1.29 is 39.9 Å². The summed E-state index contributed by atoms with van der Waals surface area (Å²) in [6.45, 7) is 4.02. The van der Waals surface area contributed by atoms with Crippen LogP contribution in [-0.2, 0) is 12.5 Å². The van der Waals surface area contributed by atoms with Gasteiger partial charge in [-0.2, -0.15) is 8.78 Å². The Labute approximate surface area is 295 Å². The molecule has 0 spiro atoms. The van der Waals surface area contributed by atoms with Gasteiger partial charge in [-0.25, -0.2) is 26.3 Å². The number of hydrogen-bond acceptors (Lipinski definition) is 1. The van der Waals surface area contributed by atoms with Crippen molar-refractivity contribution in [1.82, 2.24) is 0 Å². The van der Waals surface area contributed by atoms with Gasteiger partial charge < -0.3 is 4.74 Å². The third-order valence-corrected chi connectivity index (χ3v) is 10.1. The largest absolute Gasteiger partial charge is 0.432 e. The minimum absolute atomic E-state index is 0.0362. The van der Waals surface area contributed by atoms with Crippen LogP contribution in [0.3, 0.4) is 0 Å². The third kappa shape index (κ3) is 9.32. The van der Waals surface area contributed by atoms with Crippen molar-refractivity contribution in [3.05, 3.63) is 112 Å². The standard InChI is InChI=1S/C42H44F8O/c1-3-5-7-8-9-10-26-12-14-27(15-13-26)28-16-18-32(35(43)20-28)29-17-19-33(36(44)21-29)30-22-39(47)41(40(48)23-30)42(49,50)51-31-24-37(45)34(11-6-4-2)38(46)25-31/h16-27H,3-15H2,1-2H3. The molecule has 0 N–H and O–H groups in total. The van der Waals surface area contributed by atoms with Gasteiger partial charge in [0.2, 0.25) is 0 Å². The summed E-state index contributed by atoms with van der Waals surface area (Å²) >= 11 is 0. The van der Waals surface area contributed by atoms with E-state index in [0.717, 1.165) is 37.3 Å². The van der Waals surface area contributed by atoms with Gasteiger partial charge in [0.1, 0.15) is 46.2 Å². The number of alkyl halides is 2. The molecule has 0 radical (unpaired) electrons. The molecule has 51 heavy (non-hydrogen) atoms. The average Bonchev–Trinajstić information content (AvgIpc) is 3.07. The Morgan fingerprint density at radius 1 is 0.588 bits per heavy atom. The van der Waals surface area contributed by atoms with Crippen molar-refractivity contribution in [2.75, 3.05) is 0 Å². The lowest BCUT2D eigenvalue weighted by Gasteiger charge is -2.29. The Balaban J connectivity index is 1.27. The maximum atomic E-state index is 15.4. The molecular formula is C42H44F8O. The van der Waals surface area contributed by atoms with E-state index in [1.165, 1.54) is 56.7 Å². The zero-order chi connectivity index (χ0) is 36.7. The average molecular weight is 717 g/mol. The summed E-state index contributed by atoms with van der Waals surface area (Å²) in [6.07, 6.45) is 8.28. The first-order chi connectivity index (χ1) is 24.4. The molecular weight excluding hydrogens is 672 g/mol. The van der Waals surface area contributed by atoms with E-state index in [0.29, 0.717) is 43.0 Å². The fourth-order valence-electron chi connectivity index (χ4n) is 7.19. The fourth-order valence-corrected chi connectivity index (χ4v) is 7.19. The molecule has 0 unspecified atom stereocenters. The van der Waals surface area contributed by atoms with Gasteiger partial charge >= 0.3 is 6.11 Å². The van der Waals surface area contributed by atoms with Crippen LogP contribution in [0.5, 0.6) is 5.75 Å². The van der Waals surface area contributed by atoms with Crippen LogP contribution in [-0.4, -0.2) is 0 Å². The second-order valence-electron chi connectivity index (χ2n) is 13.8. The van der Waals surface area contributed by atoms with E-state index in [1.54, 1.807) is 6.07 Å². The van der Waals surface area contributed by atoms with Gasteiger partial charge in [0.05, 0.1) is 0 Å². The van der Waals surface area contributed by atoms with Gasteiger partial charge in [-0.15, -0.1) is 0 Å². The highest BCUT2D eigenvalue weighted by Crippen LogP contribution is 2.41. The van der Waals surface area contributed by atoms with E-state index in [1.807, 2.05) is 13.0 Å². The third-order valence-electron chi connectivity index (χ3n) is 10.1. The second kappa shape index (κ2) is 17.1. The van der Waals surface area contributed by atoms with Crippen molar-refractivity contribution in [2.45, 2.75) is 109 Å². The molecule has 0 bridgehead atoms. The molecule has 1 aliphatic rings. The number of benzene rings is 4. The highest BCUT2D eigenvalue weighted by Gasteiger charge is 2.41. The number of unbranched alkanes of at least 4 members (excludes halogenated alkanes) is 5. The van der Waals surface area contributed by atoms with E-state index in [4.69, 9.17) is 0 Å². The number of ether oxygens (including phenoxy) is 1. The quantitative estimate of drug-likeness (QED) is 0.0879. The van der Waals surface area contributed by atoms with Crippen LogP contribution in [0.15, 0.2) is 60.7 Å². The van der Waals surface area contributed by atoms with Crippen LogP contribution in [0.4, 0.5) is 35.1 Å². The monoisotopic (exact) mass is 716 g/mol. The highest BCUT2D eigenvalue weighted by atomic mass is 19.3. The molecule has 4 aromatic carbocycles. The summed E-state index contributed by atoms with van der Waals surface area (Å²) in [5.74, 6) is -7.23. The summed E-state index contributed by atoms with van der Waals surface area (Å²) < 4.78 is 124. The van der Waals surface area contributed by atoms with E-state index in [-0.39, 0.29) is 34.6 Å². The first kappa shape index (κ1) is 38.4. The minimum Gasteiger partial charge on any atom is -0.429 e. The van der Waals surface area contributed by atoms with Crippen molar-refractivity contribution >= 4 is 0 Å². The van der Waals surface area contributed by atoms with Crippen molar-refractivity contribution in [3.63, 3.8) is 0 Å².